The standard InChI is InChI=1S/C9H11ClN2/c10-8-3-1-2-4-9(8)12-5-7(11)6-12/h1-4,7H,5-6,11H2. The first kappa shape index (κ1) is 7.90. The van der Waals surface area contributed by atoms with Crippen molar-refractivity contribution in [1.29, 1.82) is 0 Å². The highest BCUT2D eigenvalue weighted by molar-refractivity contribution is 6.33. The van der Waals surface area contributed by atoms with Crippen LogP contribution < -0.4 is 10.6 Å². The van der Waals surface area contributed by atoms with E-state index in [0.717, 1.165) is 23.8 Å². The van der Waals surface area contributed by atoms with Gasteiger partial charge in [-0.25, -0.2) is 0 Å². The van der Waals surface area contributed by atoms with Gasteiger partial charge in [0.15, 0.2) is 0 Å². The Balaban J connectivity index is 2.18. The van der Waals surface area contributed by atoms with Crippen molar-refractivity contribution in [1.82, 2.24) is 0 Å². The van der Waals surface area contributed by atoms with Crippen molar-refractivity contribution in [2.45, 2.75) is 6.04 Å². The summed E-state index contributed by atoms with van der Waals surface area (Å²) in [6, 6.07) is 8.17. The summed E-state index contributed by atoms with van der Waals surface area (Å²) in [6.07, 6.45) is 0. The Kier molecular flexibility index (Phi) is 1.95. The van der Waals surface area contributed by atoms with Gasteiger partial charge in [-0.3, -0.25) is 0 Å². The Labute approximate surface area is 76.9 Å². The lowest BCUT2D eigenvalue weighted by molar-refractivity contribution is 0.519. The maximum Gasteiger partial charge on any atom is 0.0639 e. The minimum Gasteiger partial charge on any atom is -0.367 e. The van der Waals surface area contributed by atoms with E-state index in [0.29, 0.717) is 6.04 Å². The van der Waals surface area contributed by atoms with Gasteiger partial charge >= 0.3 is 0 Å². The molecule has 2 N–H and O–H groups in total. The van der Waals surface area contributed by atoms with Crippen LogP contribution in [-0.4, -0.2) is 19.1 Å². The molecule has 0 bridgehead atoms. The minimum absolute atomic E-state index is 0.321. The quantitative estimate of drug-likeness (QED) is 0.713. The molecule has 64 valence electrons. The Morgan fingerprint density at radius 3 is 2.58 bits per heavy atom. The summed E-state index contributed by atoms with van der Waals surface area (Å²) in [7, 11) is 0. The van der Waals surface area contributed by atoms with E-state index in [1.807, 2.05) is 24.3 Å². The summed E-state index contributed by atoms with van der Waals surface area (Å²) in [5.74, 6) is 0. The van der Waals surface area contributed by atoms with Gasteiger partial charge in [-0.05, 0) is 12.1 Å². The molecule has 1 aromatic rings. The van der Waals surface area contributed by atoms with E-state index in [2.05, 4.69) is 4.90 Å². The van der Waals surface area contributed by atoms with Crippen molar-refractivity contribution in [3.05, 3.63) is 29.3 Å². The number of hydrogen-bond donors (Lipinski definition) is 1. The first-order valence-electron chi connectivity index (χ1n) is 4.02. The molecule has 1 aliphatic heterocycles. The zero-order valence-corrected chi connectivity index (χ0v) is 7.46. The molecule has 1 heterocycles. The van der Waals surface area contributed by atoms with Crippen LogP contribution in [0.15, 0.2) is 24.3 Å². The van der Waals surface area contributed by atoms with Gasteiger partial charge in [-0.1, -0.05) is 23.7 Å². The third-order valence-corrected chi connectivity index (χ3v) is 2.42. The molecule has 0 atom stereocenters. The lowest BCUT2D eigenvalue weighted by Crippen LogP contribution is -2.55. The summed E-state index contributed by atoms with van der Waals surface area (Å²) < 4.78 is 0. The first-order valence-corrected chi connectivity index (χ1v) is 4.40. The number of rotatable bonds is 1. The lowest BCUT2D eigenvalue weighted by atomic mass is 10.1. The summed E-state index contributed by atoms with van der Waals surface area (Å²) >= 11 is 6.00. The van der Waals surface area contributed by atoms with Gasteiger partial charge in [0.25, 0.3) is 0 Å². The SMILES string of the molecule is NC1CN(c2ccccc2Cl)C1. The fraction of sp³-hybridized carbons (Fsp3) is 0.333. The second-order valence-corrected chi connectivity index (χ2v) is 3.52. The highest BCUT2D eigenvalue weighted by atomic mass is 35.5. The van der Waals surface area contributed by atoms with Crippen LogP contribution in [0.1, 0.15) is 0 Å². The largest absolute Gasteiger partial charge is 0.367 e. The molecule has 1 saturated heterocycles. The maximum absolute atomic E-state index is 6.00. The van der Waals surface area contributed by atoms with E-state index in [1.165, 1.54) is 0 Å². The zero-order chi connectivity index (χ0) is 8.55. The van der Waals surface area contributed by atoms with E-state index in [-0.39, 0.29) is 0 Å². The molecule has 0 unspecified atom stereocenters. The topological polar surface area (TPSA) is 29.3 Å². The molecule has 12 heavy (non-hydrogen) atoms. The molecular weight excluding hydrogens is 172 g/mol. The van der Waals surface area contributed by atoms with Gasteiger partial charge in [0, 0.05) is 19.1 Å². The van der Waals surface area contributed by atoms with Crippen LogP contribution in [0, 0.1) is 0 Å². The molecule has 2 nitrogen and oxygen atoms in total. The third-order valence-electron chi connectivity index (χ3n) is 2.10. The van der Waals surface area contributed by atoms with Crippen LogP contribution in [0.5, 0.6) is 0 Å². The average Bonchev–Trinajstić information content (AvgIpc) is 2.01. The fourth-order valence-corrected chi connectivity index (χ4v) is 1.67. The van der Waals surface area contributed by atoms with Gasteiger partial charge in [-0.2, -0.15) is 0 Å². The number of halogens is 1. The number of para-hydroxylation sites is 1. The summed E-state index contributed by atoms with van der Waals surface area (Å²) in [6.45, 7) is 1.84. The van der Waals surface area contributed by atoms with Crippen molar-refractivity contribution in [2.75, 3.05) is 18.0 Å². The van der Waals surface area contributed by atoms with Crippen molar-refractivity contribution < 1.29 is 0 Å². The number of nitrogens with two attached hydrogens (primary N) is 1. The van der Waals surface area contributed by atoms with Crippen molar-refractivity contribution >= 4 is 17.3 Å². The summed E-state index contributed by atoms with van der Waals surface area (Å²) in [4.78, 5) is 2.19. The maximum atomic E-state index is 6.00. The van der Waals surface area contributed by atoms with Gasteiger partial charge in [0.05, 0.1) is 10.7 Å². The number of benzene rings is 1. The Bertz CT molecular complexity index is 282. The Morgan fingerprint density at radius 2 is 2.00 bits per heavy atom. The van der Waals surface area contributed by atoms with Crippen LogP contribution in [-0.2, 0) is 0 Å². The monoisotopic (exact) mass is 182 g/mol. The molecule has 1 aliphatic rings. The third kappa shape index (κ3) is 1.28. The van der Waals surface area contributed by atoms with Gasteiger partial charge in [0.1, 0.15) is 0 Å². The molecule has 0 saturated carbocycles. The van der Waals surface area contributed by atoms with E-state index in [9.17, 15) is 0 Å². The molecule has 0 amide bonds. The fourth-order valence-electron chi connectivity index (χ4n) is 1.42. The highest BCUT2D eigenvalue weighted by Crippen LogP contribution is 2.27. The van der Waals surface area contributed by atoms with Gasteiger partial charge < -0.3 is 10.6 Å². The van der Waals surface area contributed by atoms with Crippen LogP contribution in [0.4, 0.5) is 5.69 Å². The van der Waals surface area contributed by atoms with Crippen LogP contribution >= 0.6 is 11.6 Å². The summed E-state index contributed by atoms with van der Waals surface area (Å²) in [5, 5.41) is 0.810. The first-order chi connectivity index (χ1) is 5.77. The average molecular weight is 183 g/mol. The Morgan fingerprint density at radius 1 is 1.33 bits per heavy atom. The van der Waals surface area contributed by atoms with Crippen molar-refractivity contribution in [3.8, 4) is 0 Å². The highest BCUT2D eigenvalue weighted by Gasteiger charge is 2.24. The van der Waals surface area contributed by atoms with Gasteiger partial charge in [0.2, 0.25) is 0 Å². The summed E-state index contributed by atoms with van der Waals surface area (Å²) in [5.41, 5.74) is 6.77. The smallest absolute Gasteiger partial charge is 0.0639 e. The zero-order valence-electron chi connectivity index (χ0n) is 6.70. The number of anilines is 1. The molecule has 2 rings (SSSR count). The van der Waals surface area contributed by atoms with Crippen LogP contribution in [0.2, 0.25) is 5.02 Å². The predicted octanol–water partition coefficient (Wildman–Crippen LogP) is 1.49. The second kappa shape index (κ2) is 2.96. The number of hydrogen-bond acceptors (Lipinski definition) is 2. The molecule has 0 radical (unpaired) electrons. The van der Waals surface area contributed by atoms with Gasteiger partial charge in [-0.15, -0.1) is 0 Å². The molecule has 1 fully saturated rings. The second-order valence-electron chi connectivity index (χ2n) is 3.12. The van der Waals surface area contributed by atoms with E-state index < -0.39 is 0 Å². The number of nitrogens with zero attached hydrogens (tertiary/aromatic N) is 1. The van der Waals surface area contributed by atoms with Crippen LogP contribution in [0.25, 0.3) is 0 Å². The van der Waals surface area contributed by atoms with Crippen molar-refractivity contribution in [3.63, 3.8) is 0 Å². The Hall–Kier alpha value is -0.730. The lowest BCUT2D eigenvalue weighted by Gasteiger charge is -2.39. The molecule has 1 aromatic carbocycles. The van der Waals surface area contributed by atoms with Crippen LogP contribution in [0.3, 0.4) is 0 Å². The predicted molar refractivity (Wildman–Crippen MR) is 51.6 cm³/mol. The molecule has 0 aliphatic carbocycles. The molecule has 3 heteroatoms. The van der Waals surface area contributed by atoms with E-state index in [4.69, 9.17) is 17.3 Å². The van der Waals surface area contributed by atoms with E-state index in [1.54, 1.807) is 0 Å². The van der Waals surface area contributed by atoms with E-state index >= 15 is 0 Å². The van der Waals surface area contributed by atoms with Crippen molar-refractivity contribution in [2.24, 2.45) is 5.73 Å². The molecule has 0 spiro atoms. The minimum atomic E-state index is 0.321. The molecular formula is C9H11ClN2. The molecule has 0 aromatic heterocycles. The normalized spacial score (nSPS) is 17.7.